The highest BCUT2D eigenvalue weighted by Crippen LogP contribution is 2.32. The molecule has 4 rings (SSSR count). The van der Waals surface area contributed by atoms with Gasteiger partial charge in [-0.1, -0.05) is 12.1 Å². The molecule has 1 saturated heterocycles. The highest BCUT2D eigenvalue weighted by Gasteiger charge is 2.24. The van der Waals surface area contributed by atoms with Crippen LogP contribution in [0, 0.1) is 0 Å². The number of thiophene rings is 1. The van der Waals surface area contributed by atoms with Crippen LogP contribution in [0.1, 0.15) is 29.3 Å². The second-order valence-corrected chi connectivity index (χ2v) is 7.91. The number of thiocarbonyl (C=S) groups is 1. The molecule has 7 heteroatoms. The average Bonchev–Trinajstić information content (AvgIpc) is 3.41. The van der Waals surface area contributed by atoms with Crippen molar-refractivity contribution in [2.75, 3.05) is 26.4 Å². The molecule has 1 fully saturated rings. The lowest BCUT2D eigenvalue weighted by Gasteiger charge is -2.27. The van der Waals surface area contributed by atoms with E-state index >= 15 is 0 Å². The van der Waals surface area contributed by atoms with Gasteiger partial charge in [0, 0.05) is 18.0 Å². The van der Waals surface area contributed by atoms with Gasteiger partial charge in [-0.2, -0.15) is 0 Å². The van der Waals surface area contributed by atoms with Crippen molar-refractivity contribution in [1.82, 2.24) is 15.5 Å². The first-order valence-electron chi connectivity index (χ1n) is 8.97. The molecule has 2 N–H and O–H groups in total. The Morgan fingerprint density at radius 3 is 2.81 bits per heavy atom. The SMILES string of the molecule is S=C(NCc1ccc2c(c1)OCO2)NC[C@H](c1cccs1)N1CCCC1. The molecule has 138 valence electrons. The van der Waals surface area contributed by atoms with Gasteiger partial charge < -0.3 is 20.1 Å². The number of ether oxygens (including phenoxy) is 2. The van der Waals surface area contributed by atoms with E-state index in [1.807, 2.05) is 29.5 Å². The summed E-state index contributed by atoms with van der Waals surface area (Å²) in [5.74, 6) is 1.61. The number of hydrogen-bond donors (Lipinski definition) is 2. The molecule has 2 aliphatic rings. The van der Waals surface area contributed by atoms with Gasteiger partial charge in [-0.3, -0.25) is 4.90 Å². The fourth-order valence-corrected chi connectivity index (χ4v) is 4.45. The van der Waals surface area contributed by atoms with Crippen molar-refractivity contribution in [3.63, 3.8) is 0 Å². The monoisotopic (exact) mass is 389 g/mol. The quantitative estimate of drug-likeness (QED) is 0.740. The standard InChI is InChI=1S/C19H23N3O2S2/c25-19(20-11-14-5-6-16-17(10-14)24-13-23-16)21-12-15(18-4-3-9-26-18)22-7-1-2-8-22/h3-6,9-10,15H,1-2,7-8,11-13H2,(H2,20,21,25)/t15-/m1/s1. The molecular formula is C19H23N3O2S2. The summed E-state index contributed by atoms with van der Waals surface area (Å²) in [5.41, 5.74) is 1.12. The summed E-state index contributed by atoms with van der Waals surface area (Å²) in [6.07, 6.45) is 2.57. The Hall–Kier alpha value is -1.83. The van der Waals surface area contributed by atoms with Gasteiger partial charge in [0.05, 0.1) is 6.04 Å². The Kier molecular flexibility index (Phi) is 5.57. The van der Waals surface area contributed by atoms with Crippen molar-refractivity contribution in [3.05, 3.63) is 46.2 Å². The van der Waals surface area contributed by atoms with Gasteiger partial charge >= 0.3 is 0 Å². The van der Waals surface area contributed by atoms with E-state index in [-0.39, 0.29) is 0 Å². The Morgan fingerprint density at radius 1 is 1.15 bits per heavy atom. The van der Waals surface area contributed by atoms with Crippen molar-refractivity contribution in [2.45, 2.75) is 25.4 Å². The molecule has 0 amide bonds. The normalized spacial score (nSPS) is 17.2. The molecule has 0 spiro atoms. The van der Waals surface area contributed by atoms with Crippen LogP contribution >= 0.6 is 23.6 Å². The molecular weight excluding hydrogens is 366 g/mol. The van der Waals surface area contributed by atoms with Crippen LogP contribution in [0.15, 0.2) is 35.7 Å². The van der Waals surface area contributed by atoms with Gasteiger partial charge in [-0.25, -0.2) is 0 Å². The number of benzene rings is 1. The Bertz CT molecular complexity index is 745. The molecule has 0 saturated carbocycles. The van der Waals surface area contributed by atoms with Crippen molar-refractivity contribution >= 4 is 28.7 Å². The molecule has 1 atom stereocenters. The predicted octanol–water partition coefficient (Wildman–Crippen LogP) is 3.28. The molecule has 0 bridgehead atoms. The Balaban J connectivity index is 1.29. The van der Waals surface area contributed by atoms with Gasteiger partial charge in [-0.05, 0) is 67.3 Å². The van der Waals surface area contributed by atoms with Gasteiger partial charge in [0.15, 0.2) is 16.6 Å². The van der Waals surface area contributed by atoms with E-state index in [4.69, 9.17) is 21.7 Å². The number of nitrogens with one attached hydrogen (secondary N) is 2. The molecule has 0 radical (unpaired) electrons. The van der Waals surface area contributed by atoms with E-state index in [1.165, 1.54) is 30.8 Å². The van der Waals surface area contributed by atoms with E-state index in [1.54, 1.807) is 0 Å². The lowest BCUT2D eigenvalue weighted by Crippen LogP contribution is -2.41. The minimum Gasteiger partial charge on any atom is -0.454 e. The van der Waals surface area contributed by atoms with Crippen molar-refractivity contribution in [2.24, 2.45) is 0 Å². The number of hydrogen-bond acceptors (Lipinski definition) is 5. The summed E-state index contributed by atoms with van der Waals surface area (Å²) >= 11 is 7.30. The van der Waals surface area contributed by atoms with Crippen LogP contribution in [0.25, 0.3) is 0 Å². The number of fused-ring (bicyclic) bond motifs is 1. The van der Waals surface area contributed by atoms with Gasteiger partial charge in [0.1, 0.15) is 0 Å². The zero-order chi connectivity index (χ0) is 17.8. The maximum Gasteiger partial charge on any atom is 0.231 e. The predicted molar refractivity (Wildman–Crippen MR) is 108 cm³/mol. The van der Waals surface area contributed by atoms with Crippen LogP contribution in [0.2, 0.25) is 0 Å². The maximum absolute atomic E-state index is 5.48. The molecule has 1 aromatic heterocycles. The largest absolute Gasteiger partial charge is 0.454 e. The molecule has 5 nitrogen and oxygen atoms in total. The van der Waals surface area contributed by atoms with E-state index in [0.717, 1.165) is 23.6 Å². The van der Waals surface area contributed by atoms with Gasteiger partial charge in [0.25, 0.3) is 0 Å². The molecule has 3 heterocycles. The summed E-state index contributed by atoms with van der Waals surface area (Å²) in [6.45, 7) is 4.12. The van der Waals surface area contributed by atoms with Crippen LogP contribution in [0.5, 0.6) is 11.5 Å². The number of rotatable bonds is 6. The third-order valence-electron chi connectivity index (χ3n) is 4.80. The molecule has 0 unspecified atom stereocenters. The number of likely N-dealkylation sites (tertiary alicyclic amines) is 1. The van der Waals surface area contributed by atoms with Crippen LogP contribution < -0.4 is 20.1 Å². The highest BCUT2D eigenvalue weighted by atomic mass is 32.1. The summed E-state index contributed by atoms with van der Waals surface area (Å²) in [5, 5.41) is 9.52. The topological polar surface area (TPSA) is 45.8 Å². The summed E-state index contributed by atoms with van der Waals surface area (Å²) in [6, 6.07) is 10.7. The fourth-order valence-electron chi connectivity index (χ4n) is 3.43. The smallest absolute Gasteiger partial charge is 0.231 e. The molecule has 26 heavy (non-hydrogen) atoms. The first kappa shape index (κ1) is 17.6. The van der Waals surface area contributed by atoms with Crippen molar-refractivity contribution in [3.8, 4) is 11.5 Å². The third-order valence-corrected chi connectivity index (χ3v) is 6.06. The molecule has 2 aliphatic heterocycles. The summed E-state index contributed by atoms with van der Waals surface area (Å²) in [7, 11) is 0. The fraction of sp³-hybridized carbons (Fsp3) is 0.421. The van der Waals surface area contributed by atoms with Crippen LogP contribution in [-0.4, -0.2) is 36.4 Å². The first-order valence-corrected chi connectivity index (χ1v) is 10.3. The van der Waals surface area contributed by atoms with E-state index < -0.39 is 0 Å². The zero-order valence-corrected chi connectivity index (χ0v) is 16.2. The molecule has 2 aromatic rings. The van der Waals surface area contributed by atoms with E-state index in [9.17, 15) is 0 Å². The summed E-state index contributed by atoms with van der Waals surface area (Å²) < 4.78 is 10.8. The average molecular weight is 390 g/mol. The minimum absolute atomic E-state index is 0.298. The molecule has 0 aliphatic carbocycles. The van der Waals surface area contributed by atoms with Crippen molar-refractivity contribution in [1.29, 1.82) is 0 Å². The third kappa shape index (κ3) is 4.11. The lowest BCUT2D eigenvalue weighted by molar-refractivity contribution is 0.174. The van der Waals surface area contributed by atoms with Gasteiger partial charge in [-0.15, -0.1) is 11.3 Å². The Morgan fingerprint density at radius 2 is 2.00 bits per heavy atom. The molecule has 1 aromatic carbocycles. The highest BCUT2D eigenvalue weighted by molar-refractivity contribution is 7.80. The van der Waals surface area contributed by atoms with Crippen LogP contribution in [0.4, 0.5) is 0 Å². The van der Waals surface area contributed by atoms with E-state index in [2.05, 4.69) is 33.0 Å². The van der Waals surface area contributed by atoms with Crippen LogP contribution in [-0.2, 0) is 6.54 Å². The maximum atomic E-state index is 5.48. The van der Waals surface area contributed by atoms with Crippen LogP contribution in [0.3, 0.4) is 0 Å². The second-order valence-electron chi connectivity index (χ2n) is 6.53. The zero-order valence-electron chi connectivity index (χ0n) is 14.6. The van der Waals surface area contributed by atoms with Gasteiger partial charge in [0.2, 0.25) is 6.79 Å². The van der Waals surface area contributed by atoms with E-state index in [0.29, 0.717) is 24.5 Å². The minimum atomic E-state index is 0.298. The summed E-state index contributed by atoms with van der Waals surface area (Å²) in [4.78, 5) is 3.96. The van der Waals surface area contributed by atoms with Crippen molar-refractivity contribution < 1.29 is 9.47 Å². The Labute approximate surface area is 163 Å². The number of nitrogens with zero attached hydrogens (tertiary/aromatic N) is 1. The second kappa shape index (κ2) is 8.24. The lowest BCUT2D eigenvalue weighted by atomic mass is 10.2. The first-order chi connectivity index (χ1) is 12.8.